The van der Waals surface area contributed by atoms with Crippen molar-refractivity contribution in [2.45, 2.75) is 25.6 Å². The SMILES string of the molecule is CC(C)(B1OCCCO1)C(=O)c1ccccc1. The Morgan fingerprint density at radius 1 is 1.18 bits per heavy atom. The molecular weight excluding hydrogens is 215 g/mol. The van der Waals surface area contributed by atoms with Crippen molar-refractivity contribution < 1.29 is 14.1 Å². The Morgan fingerprint density at radius 3 is 2.35 bits per heavy atom. The molecule has 0 amide bonds. The zero-order valence-corrected chi connectivity index (χ0v) is 10.3. The van der Waals surface area contributed by atoms with E-state index in [1.165, 1.54) is 0 Å². The van der Waals surface area contributed by atoms with Gasteiger partial charge in [-0.3, -0.25) is 4.79 Å². The normalized spacial score (nSPS) is 16.9. The van der Waals surface area contributed by atoms with Crippen molar-refractivity contribution in [3.8, 4) is 0 Å². The van der Waals surface area contributed by atoms with Gasteiger partial charge in [-0.1, -0.05) is 44.2 Å². The number of rotatable bonds is 3. The monoisotopic (exact) mass is 232 g/mol. The number of Topliss-reactive ketones (excluding diaryl/α,β-unsaturated/α-hetero) is 1. The molecule has 0 unspecified atom stereocenters. The molecule has 0 spiro atoms. The van der Waals surface area contributed by atoms with Crippen molar-refractivity contribution in [2.75, 3.05) is 13.2 Å². The van der Waals surface area contributed by atoms with Crippen molar-refractivity contribution in [3.63, 3.8) is 0 Å². The third kappa shape index (κ3) is 2.59. The second kappa shape index (κ2) is 5.02. The molecule has 1 fully saturated rings. The van der Waals surface area contributed by atoms with E-state index < -0.39 is 12.4 Å². The average molecular weight is 232 g/mol. The maximum absolute atomic E-state index is 12.4. The number of hydrogen-bond donors (Lipinski definition) is 0. The molecule has 1 aliphatic heterocycles. The summed E-state index contributed by atoms with van der Waals surface area (Å²) in [5.41, 5.74) is 0.704. The lowest BCUT2D eigenvalue weighted by Crippen LogP contribution is -2.43. The molecule has 90 valence electrons. The highest BCUT2D eigenvalue weighted by molar-refractivity contribution is 6.55. The molecule has 1 aromatic rings. The number of ketones is 1. The van der Waals surface area contributed by atoms with Gasteiger partial charge in [0.25, 0.3) is 0 Å². The van der Waals surface area contributed by atoms with Crippen molar-refractivity contribution in [1.82, 2.24) is 0 Å². The minimum absolute atomic E-state index is 0.0602. The van der Waals surface area contributed by atoms with E-state index in [2.05, 4.69) is 0 Å². The second-order valence-corrected chi connectivity index (χ2v) is 4.84. The minimum Gasteiger partial charge on any atom is -0.410 e. The van der Waals surface area contributed by atoms with E-state index >= 15 is 0 Å². The molecule has 0 radical (unpaired) electrons. The van der Waals surface area contributed by atoms with Gasteiger partial charge in [-0.25, -0.2) is 0 Å². The lowest BCUT2D eigenvalue weighted by atomic mass is 9.56. The van der Waals surface area contributed by atoms with E-state index in [0.29, 0.717) is 18.8 Å². The Labute approximate surface area is 102 Å². The third-order valence-corrected chi connectivity index (χ3v) is 3.04. The number of carbonyl (C=O) groups is 1. The molecule has 4 heteroatoms. The molecule has 3 nitrogen and oxygen atoms in total. The van der Waals surface area contributed by atoms with Crippen molar-refractivity contribution in [1.29, 1.82) is 0 Å². The van der Waals surface area contributed by atoms with Crippen molar-refractivity contribution in [2.24, 2.45) is 0 Å². The van der Waals surface area contributed by atoms with Gasteiger partial charge in [0.1, 0.15) is 0 Å². The molecule has 0 N–H and O–H groups in total. The molecule has 1 aliphatic rings. The van der Waals surface area contributed by atoms with Gasteiger partial charge in [0.15, 0.2) is 5.78 Å². The van der Waals surface area contributed by atoms with Crippen LogP contribution in [0.2, 0.25) is 5.31 Å². The minimum atomic E-state index is -0.651. The summed E-state index contributed by atoms with van der Waals surface area (Å²) in [5.74, 6) is 0.0602. The zero-order chi connectivity index (χ0) is 12.3. The number of carbonyl (C=O) groups excluding carboxylic acids is 1. The fraction of sp³-hybridized carbons (Fsp3) is 0.462. The lowest BCUT2D eigenvalue weighted by molar-refractivity contribution is 0.0839. The van der Waals surface area contributed by atoms with Crippen molar-refractivity contribution >= 4 is 12.9 Å². The molecule has 1 heterocycles. The first-order valence-corrected chi connectivity index (χ1v) is 5.95. The van der Waals surface area contributed by atoms with Gasteiger partial charge >= 0.3 is 7.12 Å². The highest BCUT2D eigenvalue weighted by Crippen LogP contribution is 2.35. The highest BCUT2D eigenvalue weighted by Gasteiger charge is 2.45. The van der Waals surface area contributed by atoms with Crippen LogP contribution in [0.5, 0.6) is 0 Å². The standard InChI is InChI=1S/C13H17BO3/c1-13(2,14-16-9-6-10-17-14)12(15)11-7-4-3-5-8-11/h3-5,7-8H,6,9-10H2,1-2H3. The van der Waals surface area contributed by atoms with E-state index in [1.807, 2.05) is 44.2 Å². The maximum Gasteiger partial charge on any atom is 0.471 e. The summed E-state index contributed by atoms with van der Waals surface area (Å²) in [6.45, 7) is 5.07. The van der Waals surface area contributed by atoms with Gasteiger partial charge in [0.05, 0.1) is 5.31 Å². The molecule has 0 bridgehead atoms. The summed E-state index contributed by atoms with van der Waals surface area (Å²) < 4.78 is 11.1. The van der Waals surface area contributed by atoms with Crippen LogP contribution in [0.4, 0.5) is 0 Å². The van der Waals surface area contributed by atoms with Crippen LogP contribution in [0.25, 0.3) is 0 Å². The summed E-state index contributed by atoms with van der Waals surface area (Å²) in [6, 6.07) is 9.29. The molecule has 2 rings (SSSR count). The van der Waals surface area contributed by atoms with Crippen LogP contribution >= 0.6 is 0 Å². The predicted molar refractivity (Wildman–Crippen MR) is 67.1 cm³/mol. The summed E-state index contributed by atoms with van der Waals surface area (Å²) in [6.07, 6.45) is 0.895. The summed E-state index contributed by atoms with van der Waals surface area (Å²) in [7, 11) is -0.441. The Hall–Kier alpha value is -1.13. The van der Waals surface area contributed by atoms with Gasteiger partial charge < -0.3 is 9.31 Å². The van der Waals surface area contributed by atoms with E-state index in [4.69, 9.17) is 9.31 Å². The van der Waals surface area contributed by atoms with E-state index in [1.54, 1.807) is 0 Å². The predicted octanol–water partition coefficient (Wildman–Crippen LogP) is 2.57. The number of benzene rings is 1. The number of hydrogen-bond acceptors (Lipinski definition) is 3. The average Bonchev–Trinajstić information content (AvgIpc) is 2.40. The fourth-order valence-electron chi connectivity index (χ4n) is 1.97. The Bertz CT molecular complexity index is 383. The van der Waals surface area contributed by atoms with Crippen LogP contribution in [0, 0.1) is 0 Å². The summed E-state index contributed by atoms with van der Waals surface area (Å²) in [5, 5.41) is -0.651. The molecule has 1 aromatic carbocycles. The molecule has 0 atom stereocenters. The molecule has 0 aromatic heterocycles. The Balaban J connectivity index is 2.17. The van der Waals surface area contributed by atoms with E-state index in [0.717, 1.165) is 6.42 Å². The quantitative estimate of drug-likeness (QED) is 0.593. The fourth-order valence-corrected chi connectivity index (χ4v) is 1.97. The van der Waals surface area contributed by atoms with Crippen LogP contribution in [0.3, 0.4) is 0 Å². The smallest absolute Gasteiger partial charge is 0.410 e. The molecular formula is C13H17BO3. The van der Waals surface area contributed by atoms with Gasteiger partial charge in [-0.2, -0.15) is 0 Å². The second-order valence-electron chi connectivity index (χ2n) is 4.84. The molecule has 17 heavy (non-hydrogen) atoms. The largest absolute Gasteiger partial charge is 0.471 e. The van der Waals surface area contributed by atoms with E-state index in [-0.39, 0.29) is 5.78 Å². The molecule has 0 aliphatic carbocycles. The first kappa shape index (κ1) is 12.3. The Morgan fingerprint density at radius 2 is 1.76 bits per heavy atom. The van der Waals surface area contributed by atoms with Gasteiger partial charge in [-0.15, -0.1) is 0 Å². The highest BCUT2D eigenvalue weighted by atomic mass is 16.6. The lowest BCUT2D eigenvalue weighted by Gasteiger charge is -2.31. The van der Waals surface area contributed by atoms with E-state index in [9.17, 15) is 4.79 Å². The van der Waals surface area contributed by atoms with Gasteiger partial charge in [0.2, 0.25) is 0 Å². The topological polar surface area (TPSA) is 35.5 Å². The van der Waals surface area contributed by atoms with Gasteiger partial charge in [-0.05, 0) is 6.42 Å². The van der Waals surface area contributed by atoms with Crippen LogP contribution < -0.4 is 0 Å². The zero-order valence-electron chi connectivity index (χ0n) is 10.3. The molecule has 1 saturated heterocycles. The first-order valence-electron chi connectivity index (χ1n) is 5.95. The first-order chi connectivity index (χ1) is 8.12. The van der Waals surface area contributed by atoms with Crippen LogP contribution in [-0.2, 0) is 9.31 Å². The molecule has 0 saturated carbocycles. The van der Waals surface area contributed by atoms with Crippen LogP contribution in [0.1, 0.15) is 30.6 Å². The van der Waals surface area contributed by atoms with Crippen molar-refractivity contribution in [3.05, 3.63) is 35.9 Å². The third-order valence-electron chi connectivity index (χ3n) is 3.04. The Kier molecular flexibility index (Phi) is 3.65. The maximum atomic E-state index is 12.4. The summed E-state index contributed by atoms with van der Waals surface area (Å²) in [4.78, 5) is 12.4. The van der Waals surface area contributed by atoms with Crippen LogP contribution in [-0.4, -0.2) is 26.1 Å². The summed E-state index contributed by atoms with van der Waals surface area (Å²) >= 11 is 0. The van der Waals surface area contributed by atoms with Crippen LogP contribution in [0.15, 0.2) is 30.3 Å². The van der Waals surface area contributed by atoms with Gasteiger partial charge in [0, 0.05) is 18.8 Å².